The number of nitrogens with one attached hydrogen (secondary N) is 1. The quantitative estimate of drug-likeness (QED) is 0.406. The summed E-state index contributed by atoms with van der Waals surface area (Å²) in [5, 5.41) is 29.2. The minimum Gasteiger partial charge on any atom is -0.396 e. The van der Waals surface area contributed by atoms with Gasteiger partial charge in [0.15, 0.2) is 0 Å². The van der Waals surface area contributed by atoms with Crippen molar-refractivity contribution in [2.75, 3.05) is 19.8 Å². The Kier molecular flexibility index (Phi) is 7.39. The Morgan fingerprint density at radius 2 is 2.00 bits per heavy atom. The number of rotatable bonds is 7. The van der Waals surface area contributed by atoms with E-state index in [2.05, 4.69) is 5.32 Å². The Bertz CT molecular complexity index is 100. The molecule has 12 heavy (non-hydrogen) atoms. The second kappa shape index (κ2) is 7.49. The summed E-state index contributed by atoms with van der Waals surface area (Å²) >= 11 is 0. The molecule has 2 atom stereocenters. The maximum absolute atomic E-state index is 9.00. The summed E-state index contributed by atoms with van der Waals surface area (Å²) in [4.78, 5) is 0. The van der Waals surface area contributed by atoms with Crippen LogP contribution in [0.3, 0.4) is 0 Å². The van der Waals surface area contributed by atoms with Crippen molar-refractivity contribution in [2.24, 2.45) is 0 Å². The first-order valence-corrected chi connectivity index (χ1v) is 4.37. The summed E-state index contributed by atoms with van der Waals surface area (Å²) in [6.07, 6.45) is 0.908. The fourth-order valence-corrected chi connectivity index (χ4v) is 0.974. The number of hydrogen-bond donors (Lipinski definition) is 4. The van der Waals surface area contributed by atoms with Gasteiger partial charge >= 0.3 is 0 Å². The van der Waals surface area contributed by atoms with Crippen LogP contribution in [0.4, 0.5) is 0 Å². The molecule has 0 saturated heterocycles. The highest BCUT2D eigenvalue weighted by Crippen LogP contribution is 1.96. The molecule has 0 radical (unpaired) electrons. The zero-order valence-electron chi connectivity index (χ0n) is 7.53. The van der Waals surface area contributed by atoms with Crippen molar-refractivity contribution in [3.63, 3.8) is 0 Å². The Morgan fingerprint density at radius 1 is 1.33 bits per heavy atom. The fourth-order valence-electron chi connectivity index (χ4n) is 0.974. The zero-order valence-corrected chi connectivity index (χ0v) is 7.53. The first-order chi connectivity index (χ1) is 5.74. The van der Waals surface area contributed by atoms with Crippen molar-refractivity contribution in [2.45, 2.75) is 31.9 Å². The lowest BCUT2D eigenvalue weighted by atomic mass is 10.1. The van der Waals surface area contributed by atoms with Gasteiger partial charge in [0, 0.05) is 19.2 Å². The highest BCUT2D eigenvalue weighted by atomic mass is 16.3. The van der Waals surface area contributed by atoms with E-state index in [0.717, 1.165) is 6.42 Å². The molecule has 0 bridgehead atoms. The van der Waals surface area contributed by atoms with Gasteiger partial charge in [-0.1, -0.05) is 6.92 Å². The van der Waals surface area contributed by atoms with Gasteiger partial charge in [0.2, 0.25) is 0 Å². The van der Waals surface area contributed by atoms with Crippen LogP contribution in [0.1, 0.15) is 19.8 Å². The fraction of sp³-hybridized carbons (Fsp3) is 1.00. The van der Waals surface area contributed by atoms with E-state index in [9.17, 15) is 0 Å². The molecule has 0 aliphatic rings. The summed E-state index contributed by atoms with van der Waals surface area (Å²) < 4.78 is 0. The Balaban J connectivity index is 3.43. The van der Waals surface area contributed by atoms with E-state index in [0.29, 0.717) is 13.0 Å². The first-order valence-electron chi connectivity index (χ1n) is 4.37. The Morgan fingerprint density at radius 3 is 2.42 bits per heavy atom. The molecule has 74 valence electrons. The SMILES string of the molecule is CCC(CCO)NC[C@H](O)CO. The Labute approximate surface area is 73.2 Å². The van der Waals surface area contributed by atoms with Crippen LogP contribution in [-0.4, -0.2) is 47.2 Å². The minimum atomic E-state index is -0.697. The largest absolute Gasteiger partial charge is 0.396 e. The molecule has 4 heteroatoms. The van der Waals surface area contributed by atoms with Crippen LogP contribution < -0.4 is 5.32 Å². The van der Waals surface area contributed by atoms with E-state index >= 15 is 0 Å². The molecule has 4 N–H and O–H groups in total. The molecule has 0 aromatic rings. The number of aliphatic hydroxyl groups is 3. The van der Waals surface area contributed by atoms with Gasteiger partial charge in [0.1, 0.15) is 0 Å². The van der Waals surface area contributed by atoms with Crippen molar-refractivity contribution in [1.82, 2.24) is 5.32 Å². The van der Waals surface area contributed by atoms with Crippen LogP contribution in [0.25, 0.3) is 0 Å². The topological polar surface area (TPSA) is 72.7 Å². The van der Waals surface area contributed by atoms with Crippen molar-refractivity contribution in [3.8, 4) is 0 Å². The van der Waals surface area contributed by atoms with Gasteiger partial charge in [-0.15, -0.1) is 0 Å². The monoisotopic (exact) mass is 177 g/mol. The third-order valence-corrected chi connectivity index (χ3v) is 1.82. The Hall–Kier alpha value is -0.160. The second-order valence-corrected chi connectivity index (χ2v) is 2.86. The molecule has 0 aromatic heterocycles. The highest BCUT2D eigenvalue weighted by Gasteiger charge is 2.07. The average Bonchev–Trinajstić information content (AvgIpc) is 2.11. The highest BCUT2D eigenvalue weighted by molar-refractivity contribution is 4.67. The van der Waals surface area contributed by atoms with E-state index in [4.69, 9.17) is 15.3 Å². The van der Waals surface area contributed by atoms with E-state index in [1.807, 2.05) is 6.92 Å². The van der Waals surface area contributed by atoms with Crippen LogP contribution in [0.5, 0.6) is 0 Å². The van der Waals surface area contributed by atoms with Crippen LogP contribution in [0.15, 0.2) is 0 Å². The van der Waals surface area contributed by atoms with Gasteiger partial charge in [-0.25, -0.2) is 0 Å². The molecule has 0 spiro atoms. The summed E-state index contributed by atoms with van der Waals surface area (Å²) in [6.45, 7) is 2.33. The number of aliphatic hydroxyl groups excluding tert-OH is 3. The van der Waals surface area contributed by atoms with E-state index < -0.39 is 6.10 Å². The van der Waals surface area contributed by atoms with Crippen molar-refractivity contribution in [1.29, 1.82) is 0 Å². The van der Waals surface area contributed by atoms with E-state index in [-0.39, 0.29) is 19.3 Å². The average molecular weight is 177 g/mol. The molecular formula is C8H19NO3. The smallest absolute Gasteiger partial charge is 0.0895 e. The molecule has 0 aromatic carbocycles. The zero-order chi connectivity index (χ0) is 9.40. The summed E-state index contributed by atoms with van der Waals surface area (Å²) in [5.41, 5.74) is 0. The molecule has 0 aliphatic carbocycles. The maximum Gasteiger partial charge on any atom is 0.0895 e. The standard InChI is InChI=1S/C8H19NO3/c1-2-7(3-4-10)9-5-8(12)6-11/h7-12H,2-6H2,1H3/t7?,8-/m0/s1. The van der Waals surface area contributed by atoms with Gasteiger partial charge in [-0.05, 0) is 12.8 Å². The predicted molar refractivity (Wildman–Crippen MR) is 46.9 cm³/mol. The maximum atomic E-state index is 9.00. The van der Waals surface area contributed by atoms with Crippen LogP contribution in [0, 0.1) is 0 Å². The third-order valence-electron chi connectivity index (χ3n) is 1.82. The normalized spacial score (nSPS) is 16.0. The second-order valence-electron chi connectivity index (χ2n) is 2.86. The predicted octanol–water partition coefficient (Wildman–Crippen LogP) is -0.910. The van der Waals surface area contributed by atoms with Crippen molar-refractivity contribution < 1.29 is 15.3 Å². The van der Waals surface area contributed by atoms with Gasteiger partial charge in [-0.3, -0.25) is 0 Å². The molecule has 0 heterocycles. The van der Waals surface area contributed by atoms with Crippen LogP contribution >= 0.6 is 0 Å². The molecular weight excluding hydrogens is 158 g/mol. The first kappa shape index (κ1) is 11.8. The summed E-state index contributed by atoms with van der Waals surface area (Å²) in [7, 11) is 0. The van der Waals surface area contributed by atoms with Crippen molar-refractivity contribution >= 4 is 0 Å². The van der Waals surface area contributed by atoms with Gasteiger partial charge in [0.25, 0.3) is 0 Å². The molecule has 0 rings (SSSR count). The number of hydrogen-bond acceptors (Lipinski definition) is 4. The van der Waals surface area contributed by atoms with E-state index in [1.165, 1.54) is 0 Å². The molecule has 0 saturated carbocycles. The van der Waals surface area contributed by atoms with Crippen molar-refractivity contribution in [3.05, 3.63) is 0 Å². The summed E-state index contributed by atoms with van der Waals surface area (Å²) in [6, 6.07) is 0.233. The van der Waals surface area contributed by atoms with Crippen LogP contribution in [0.2, 0.25) is 0 Å². The lowest BCUT2D eigenvalue weighted by molar-refractivity contribution is 0.0905. The van der Waals surface area contributed by atoms with Gasteiger partial charge < -0.3 is 20.6 Å². The minimum absolute atomic E-state index is 0.153. The third kappa shape index (κ3) is 5.49. The van der Waals surface area contributed by atoms with E-state index in [1.54, 1.807) is 0 Å². The molecule has 1 unspecified atom stereocenters. The lowest BCUT2D eigenvalue weighted by Crippen LogP contribution is -2.37. The summed E-state index contributed by atoms with van der Waals surface area (Å²) in [5.74, 6) is 0. The van der Waals surface area contributed by atoms with Gasteiger partial charge in [0.05, 0.1) is 12.7 Å². The molecule has 0 amide bonds. The lowest BCUT2D eigenvalue weighted by Gasteiger charge is -2.17. The van der Waals surface area contributed by atoms with Gasteiger partial charge in [-0.2, -0.15) is 0 Å². The van der Waals surface area contributed by atoms with Crippen LogP contribution in [-0.2, 0) is 0 Å². The molecule has 0 fully saturated rings. The molecule has 0 aliphatic heterocycles. The molecule has 4 nitrogen and oxygen atoms in total.